The van der Waals surface area contributed by atoms with Crippen molar-refractivity contribution in [1.82, 2.24) is 25.5 Å². The van der Waals surface area contributed by atoms with E-state index in [1.54, 1.807) is 23.9 Å². The summed E-state index contributed by atoms with van der Waals surface area (Å²) in [6.07, 6.45) is 0.805. The van der Waals surface area contributed by atoms with E-state index in [4.69, 9.17) is 0 Å². The molecule has 0 aliphatic rings. The lowest BCUT2D eigenvalue weighted by molar-refractivity contribution is 0.0954. The number of nitrogens with one attached hydrogen (secondary N) is 1. The molecular weight excluding hydrogens is 290 g/mol. The number of aryl methyl sites for hydroxylation is 1. The van der Waals surface area contributed by atoms with Crippen molar-refractivity contribution >= 4 is 5.91 Å². The van der Waals surface area contributed by atoms with E-state index in [1.165, 1.54) is 5.56 Å². The van der Waals surface area contributed by atoms with Crippen LogP contribution in [0.4, 0.5) is 0 Å². The first-order chi connectivity index (χ1) is 11.2. The number of nitrogens with zero attached hydrogens (tertiary/aromatic N) is 4. The van der Waals surface area contributed by atoms with Crippen molar-refractivity contribution in [3.05, 3.63) is 65.7 Å². The Morgan fingerprint density at radius 2 is 1.96 bits per heavy atom. The van der Waals surface area contributed by atoms with Crippen molar-refractivity contribution < 1.29 is 4.79 Å². The average Bonchev–Trinajstić information content (AvgIpc) is 3.02. The van der Waals surface area contributed by atoms with Gasteiger partial charge in [0.25, 0.3) is 5.91 Å². The number of carbonyl (C=O) groups excluding carboxylic acids is 1. The Hall–Kier alpha value is -3.02. The van der Waals surface area contributed by atoms with E-state index >= 15 is 0 Å². The highest BCUT2D eigenvalue weighted by Gasteiger charge is 2.10. The van der Waals surface area contributed by atoms with Crippen LogP contribution in [0.5, 0.6) is 0 Å². The third kappa shape index (κ3) is 3.60. The van der Waals surface area contributed by atoms with Gasteiger partial charge in [-0.25, -0.2) is 4.68 Å². The molecule has 0 saturated heterocycles. The van der Waals surface area contributed by atoms with Crippen molar-refractivity contribution in [3.8, 4) is 11.4 Å². The second-order valence-electron chi connectivity index (χ2n) is 5.20. The van der Waals surface area contributed by atoms with Gasteiger partial charge < -0.3 is 5.32 Å². The summed E-state index contributed by atoms with van der Waals surface area (Å²) in [5.41, 5.74) is 2.61. The summed E-state index contributed by atoms with van der Waals surface area (Å²) in [7, 11) is 1.77. The minimum absolute atomic E-state index is 0.0992. The number of hydrogen-bond donors (Lipinski definition) is 1. The zero-order chi connectivity index (χ0) is 16.1. The highest BCUT2D eigenvalue weighted by atomic mass is 16.1. The first kappa shape index (κ1) is 14.9. The number of aromatic nitrogens is 4. The second-order valence-corrected chi connectivity index (χ2v) is 5.20. The molecule has 0 bridgehead atoms. The summed E-state index contributed by atoms with van der Waals surface area (Å²) < 4.78 is 1.58. The van der Waals surface area contributed by atoms with Gasteiger partial charge in [0.2, 0.25) is 0 Å². The van der Waals surface area contributed by atoms with Crippen molar-refractivity contribution in [1.29, 1.82) is 0 Å². The van der Waals surface area contributed by atoms with Gasteiger partial charge in [0.15, 0.2) is 5.82 Å². The lowest BCUT2D eigenvalue weighted by atomic mass is 10.1. The van der Waals surface area contributed by atoms with Crippen LogP contribution >= 0.6 is 0 Å². The average molecular weight is 307 g/mol. The van der Waals surface area contributed by atoms with Gasteiger partial charge in [-0.1, -0.05) is 42.5 Å². The van der Waals surface area contributed by atoms with Crippen LogP contribution in [-0.2, 0) is 13.5 Å². The molecule has 6 heteroatoms. The number of carbonyl (C=O) groups is 1. The smallest absolute Gasteiger partial charge is 0.251 e. The quantitative estimate of drug-likeness (QED) is 0.781. The fourth-order valence-electron chi connectivity index (χ4n) is 2.34. The largest absolute Gasteiger partial charge is 0.352 e. The Kier molecular flexibility index (Phi) is 4.42. The minimum Gasteiger partial charge on any atom is -0.352 e. The molecule has 3 aromatic rings. The lowest BCUT2D eigenvalue weighted by Gasteiger charge is -2.07. The maximum absolute atomic E-state index is 12.3. The number of rotatable bonds is 5. The monoisotopic (exact) mass is 307 g/mol. The molecule has 0 unspecified atom stereocenters. The van der Waals surface area contributed by atoms with E-state index in [9.17, 15) is 4.79 Å². The van der Waals surface area contributed by atoms with Gasteiger partial charge >= 0.3 is 0 Å². The number of tetrazole rings is 1. The molecule has 116 valence electrons. The first-order valence-corrected chi connectivity index (χ1v) is 7.39. The summed E-state index contributed by atoms with van der Waals surface area (Å²) in [5, 5.41) is 14.3. The molecule has 0 aliphatic heterocycles. The molecule has 0 atom stereocenters. The van der Waals surface area contributed by atoms with E-state index in [1.807, 2.05) is 42.5 Å². The van der Waals surface area contributed by atoms with Crippen LogP contribution < -0.4 is 5.32 Å². The Morgan fingerprint density at radius 1 is 1.13 bits per heavy atom. The van der Waals surface area contributed by atoms with Crippen LogP contribution in [0.25, 0.3) is 11.4 Å². The van der Waals surface area contributed by atoms with Gasteiger partial charge in [0, 0.05) is 24.7 Å². The standard InChI is InChI=1S/C17H17N5O/c1-22-16(19-20-21-22)14-8-5-9-15(12-14)17(23)18-11-10-13-6-3-2-4-7-13/h2-9,12H,10-11H2,1H3,(H,18,23). The molecule has 0 fully saturated rings. The zero-order valence-corrected chi connectivity index (χ0v) is 12.8. The van der Waals surface area contributed by atoms with Crippen LogP contribution in [0.2, 0.25) is 0 Å². The van der Waals surface area contributed by atoms with E-state index in [0.717, 1.165) is 12.0 Å². The van der Waals surface area contributed by atoms with Gasteiger partial charge in [0.05, 0.1) is 0 Å². The van der Waals surface area contributed by atoms with Crippen molar-refractivity contribution in [2.45, 2.75) is 6.42 Å². The summed E-state index contributed by atoms with van der Waals surface area (Å²) in [6, 6.07) is 17.4. The molecule has 0 saturated carbocycles. The lowest BCUT2D eigenvalue weighted by Crippen LogP contribution is -2.25. The fourth-order valence-corrected chi connectivity index (χ4v) is 2.34. The Balaban J connectivity index is 1.65. The van der Waals surface area contributed by atoms with Crippen molar-refractivity contribution in [2.24, 2.45) is 7.05 Å². The molecule has 2 aromatic carbocycles. The van der Waals surface area contributed by atoms with Crippen LogP contribution in [-0.4, -0.2) is 32.7 Å². The molecule has 6 nitrogen and oxygen atoms in total. The zero-order valence-electron chi connectivity index (χ0n) is 12.8. The summed E-state index contributed by atoms with van der Waals surface area (Å²) in [6.45, 7) is 0.596. The Morgan fingerprint density at radius 3 is 2.70 bits per heavy atom. The van der Waals surface area contributed by atoms with Crippen LogP contribution in [0, 0.1) is 0 Å². The Bertz CT molecular complexity index is 798. The summed E-state index contributed by atoms with van der Waals surface area (Å²) in [5.74, 6) is 0.529. The van der Waals surface area contributed by atoms with Crippen LogP contribution in [0.15, 0.2) is 54.6 Å². The molecule has 23 heavy (non-hydrogen) atoms. The van der Waals surface area contributed by atoms with Crippen LogP contribution in [0.1, 0.15) is 15.9 Å². The molecule has 0 aliphatic carbocycles. The second kappa shape index (κ2) is 6.83. The molecule has 1 aromatic heterocycles. The third-order valence-corrected chi connectivity index (χ3v) is 3.55. The van der Waals surface area contributed by atoms with Crippen LogP contribution in [0.3, 0.4) is 0 Å². The highest BCUT2D eigenvalue weighted by molar-refractivity contribution is 5.95. The van der Waals surface area contributed by atoms with E-state index in [0.29, 0.717) is 17.9 Å². The molecular formula is C17H17N5O. The maximum atomic E-state index is 12.3. The number of amides is 1. The normalized spacial score (nSPS) is 10.5. The maximum Gasteiger partial charge on any atom is 0.251 e. The van der Waals surface area contributed by atoms with Gasteiger partial charge in [-0.2, -0.15) is 0 Å². The molecule has 1 heterocycles. The van der Waals surface area contributed by atoms with Crippen molar-refractivity contribution in [2.75, 3.05) is 6.54 Å². The molecule has 1 amide bonds. The number of hydrogen-bond acceptors (Lipinski definition) is 4. The van der Waals surface area contributed by atoms with Gasteiger partial charge in [0.1, 0.15) is 0 Å². The predicted molar refractivity (Wildman–Crippen MR) is 86.7 cm³/mol. The van der Waals surface area contributed by atoms with E-state index < -0.39 is 0 Å². The molecule has 0 spiro atoms. The highest BCUT2D eigenvalue weighted by Crippen LogP contribution is 2.16. The topological polar surface area (TPSA) is 72.7 Å². The molecule has 1 N–H and O–H groups in total. The predicted octanol–water partition coefficient (Wildman–Crippen LogP) is 1.85. The number of benzene rings is 2. The minimum atomic E-state index is -0.0992. The summed E-state index contributed by atoms with van der Waals surface area (Å²) in [4.78, 5) is 12.3. The Labute approximate surface area is 134 Å². The van der Waals surface area contributed by atoms with E-state index in [-0.39, 0.29) is 5.91 Å². The molecule has 3 rings (SSSR count). The van der Waals surface area contributed by atoms with E-state index in [2.05, 4.69) is 20.8 Å². The van der Waals surface area contributed by atoms with Gasteiger partial charge in [-0.15, -0.1) is 5.10 Å². The summed E-state index contributed by atoms with van der Waals surface area (Å²) >= 11 is 0. The molecule has 0 radical (unpaired) electrons. The fraction of sp³-hybridized carbons (Fsp3) is 0.176. The van der Waals surface area contributed by atoms with Gasteiger partial charge in [-0.05, 0) is 34.5 Å². The third-order valence-electron chi connectivity index (χ3n) is 3.55. The first-order valence-electron chi connectivity index (χ1n) is 7.39. The van der Waals surface area contributed by atoms with Crippen molar-refractivity contribution in [3.63, 3.8) is 0 Å². The van der Waals surface area contributed by atoms with Gasteiger partial charge in [-0.3, -0.25) is 4.79 Å². The SMILES string of the molecule is Cn1nnnc1-c1cccc(C(=O)NCCc2ccccc2)c1.